The minimum Gasteiger partial charge on any atom is -0.383 e. The Hall–Kier alpha value is -2.46. The highest BCUT2D eigenvalue weighted by Crippen LogP contribution is 2.31. The predicted octanol–water partition coefficient (Wildman–Crippen LogP) is 1.17. The van der Waals surface area contributed by atoms with Crippen molar-refractivity contribution in [2.45, 2.75) is 12.5 Å². The number of carbonyl (C=O) groups excluding carboxylic acids is 3. The lowest BCUT2D eigenvalue weighted by atomic mass is 10.1. The largest absolute Gasteiger partial charge is 0.383 e. The molecule has 0 aromatic heterocycles. The first kappa shape index (κ1) is 19.3. The molecule has 27 heavy (non-hydrogen) atoms. The number of nitro benzene ring substituents is 1. The Morgan fingerprint density at radius 2 is 2.19 bits per heavy atom. The van der Waals surface area contributed by atoms with E-state index in [0.29, 0.717) is 13.2 Å². The highest BCUT2D eigenvalue weighted by atomic mass is 32.2. The topological polar surface area (TPSA) is 110 Å². The zero-order valence-corrected chi connectivity index (χ0v) is 15.6. The van der Waals surface area contributed by atoms with Gasteiger partial charge in [0.25, 0.3) is 17.5 Å². The number of amides is 3. The van der Waals surface area contributed by atoms with E-state index in [1.54, 1.807) is 16.7 Å². The van der Waals surface area contributed by atoms with Crippen LogP contribution < -0.4 is 0 Å². The van der Waals surface area contributed by atoms with Crippen LogP contribution in [0.15, 0.2) is 18.2 Å². The van der Waals surface area contributed by atoms with E-state index >= 15 is 0 Å². The van der Waals surface area contributed by atoms with E-state index in [1.807, 2.05) is 0 Å². The second-order valence-corrected chi connectivity index (χ2v) is 7.40. The summed E-state index contributed by atoms with van der Waals surface area (Å²) in [6.07, 6.45) is 0.841. The van der Waals surface area contributed by atoms with Gasteiger partial charge in [-0.2, -0.15) is 11.8 Å². The number of carbonyl (C=O) groups is 3. The predicted molar refractivity (Wildman–Crippen MR) is 97.8 cm³/mol. The normalized spacial score (nSPS) is 18.7. The van der Waals surface area contributed by atoms with Gasteiger partial charge in [-0.3, -0.25) is 29.4 Å². The van der Waals surface area contributed by atoms with E-state index in [4.69, 9.17) is 4.74 Å². The molecule has 1 aromatic rings. The number of thioether (sulfide) groups is 1. The molecule has 9 nitrogen and oxygen atoms in total. The summed E-state index contributed by atoms with van der Waals surface area (Å²) in [6.45, 7) is 0.277. The van der Waals surface area contributed by atoms with Crippen LogP contribution in [-0.4, -0.2) is 76.8 Å². The van der Waals surface area contributed by atoms with Crippen molar-refractivity contribution in [2.24, 2.45) is 0 Å². The van der Waals surface area contributed by atoms with E-state index in [-0.39, 0.29) is 23.1 Å². The molecule has 1 atom stereocenters. The van der Waals surface area contributed by atoms with Gasteiger partial charge in [0.2, 0.25) is 5.91 Å². The molecule has 10 heteroatoms. The van der Waals surface area contributed by atoms with Crippen LogP contribution in [0, 0.1) is 10.1 Å². The fraction of sp³-hybridized carbons (Fsp3) is 0.471. The van der Waals surface area contributed by atoms with Crippen LogP contribution in [-0.2, 0) is 9.53 Å². The molecule has 3 rings (SSSR count). The van der Waals surface area contributed by atoms with Gasteiger partial charge < -0.3 is 9.64 Å². The molecule has 144 valence electrons. The Bertz CT molecular complexity index is 793. The molecule has 0 saturated carbocycles. The number of hydrogen-bond acceptors (Lipinski definition) is 7. The number of fused-ring (bicyclic) bond motifs is 1. The van der Waals surface area contributed by atoms with Gasteiger partial charge in [0.15, 0.2) is 0 Å². The lowest BCUT2D eigenvalue weighted by Crippen LogP contribution is -2.48. The highest BCUT2D eigenvalue weighted by Gasteiger charge is 2.42. The van der Waals surface area contributed by atoms with Gasteiger partial charge in [-0.25, -0.2) is 0 Å². The summed E-state index contributed by atoms with van der Waals surface area (Å²) in [5, 5.41) is 11.2. The zero-order valence-electron chi connectivity index (χ0n) is 14.8. The molecule has 0 N–H and O–H groups in total. The summed E-state index contributed by atoms with van der Waals surface area (Å²) >= 11 is 1.74. The summed E-state index contributed by atoms with van der Waals surface area (Å²) in [4.78, 5) is 50.9. The number of hydrogen-bond donors (Lipinski definition) is 0. The maximum atomic E-state index is 12.8. The van der Waals surface area contributed by atoms with Gasteiger partial charge in [0.05, 0.1) is 17.1 Å². The van der Waals surface area contributed by atoms with Gasteiger partial charge in [-0.1, -0.05) is 6.07 Å². The fourth-order valence-electron chi connectivity index (χ4n) is 3.31. The quantitative estimate of drug-likeness (QED) is 0.388. The maximum absolute atomic E-state index is 12.8. The third-order valence-corrected chi connectivity index (χ3v) is 5.82. The average Bonchev–Trinajstić information content (AvgIpc) is 3.25. The minimum absolute atomic E-state index is 0.0298. The van der Waals surface area contributed by atoms with Gasteiger partial charge in [0.1, 0.15) is 12.1 Å². The number of nitrogens with zero attached hydrogens (tertiary/aromatic N) is 3. The van der Waals surface area contributed by atoms with E-state index in [0.717, 1.165) is 22.8 Å². The minimum atomic E-state index is -0.803. The van der Waals surface area contributed by atoms with Crippen LogP contribution in [0.5, 0.6) is 0 Å². The standard InChI is InChI=1S/C17H19N3O6S/c1-26-7-6-18(11-5-8-27-10-11)14(21)9-19-16(22)12-3-2-4-13(20(24)25)15(12)17(19)23/h2-4,11H,5-10H2,1H3/t11-/m1/s1. The molecule has 2 aliphatic rings. The summed E-state index contributed by atoms with van der Waals surface area (Å²) in [7, 11) is 1.54. The smallest absolute Gasteiger partial charge is 0.282 e. The molecule has 3 amide bonds. The molecule has 2 aliphatic heterocycles. The molecule has 0 radical (unpaired) electrons. The monoisotopic (exact) mass is 393 g/mol. The molecule has 2 heterocycles. The van der Waals surface area contributed by atoms with E-state index in [2.05, 4.69) is 0 Å². The molecule has 1 aromatic carbocycles. The van der Waals surface area contributed by atoms with Crippen molar-refractivity contribution in [3.05, 3.63) is 39.4 Å². The van der Waals surface area contributed by atoms with Crippen molar-refractivity contribution in [3.63, 3.8) is 0 Å². The molecule has 0 aliphatic carbocycles. The molecular weight excluding hydrogens is 374 g/mol. The fourth-order valence-corrected chi connectivity index (χ4v) is 4.53. The number of nitro groups is 1. The maximum Gasteiger partial charge on any atom is 0.282 e. The Labute approximate surface area is 159 Å². The second-order valence-electron chi connectivity index (χ2n) is 6.25. The zero-order chi connectivity index (χ0) is 19.6. The Kier molecular flexibility index (Phi) is 5.76. The molecule has 1 fully saturated rings. The second kappa shape index (κ2) is 8.05. The summed E-state index contributed by atoms with van der Waals surface area (Å²) in [5.74, 6) is -0.108. The van der Waals surface area contributed by atoms with Crippen molar-refractivity contribution < 1.29 is 24.0 Å². The van der Waals surface area contributed by atoms with Crippen molar-refractivity contribution in [2.75, 3.05) is 38.3 Å². The van der Waals surface area contributed by atoms with Crippen LogP contribution in [0.25, 0.3) is 0 Å². The lowest BCUT2D eigenvalue weighted by Gasteiger charge is -2.29. The van der Waals surface area contributed by atoms with Gasteiger partial charge >= 0.3 is 0 Å². The third-order valence-electron chi connectivity index (χ3n) is 4.67. The lowest BCUT2D eigenvalue weighted by molar-refractivity contribution is -0.385. The average molecular weight is 393 g/mol. The first-order chi connectivity index (χ1) is 13.0. The van der Waals surface area contributed by atoms with Gasteiger partial charge in [-0.15, -0.1) is 0 Å². The number of benzene rings is 1. The molecule has 0 unspecified atom stereocenters. The van der Waals surface area contributed by atoms with E-state index < -0.39 is 29.0 Å². The van der Waals surface area contributed by atoms with Gasteiger partial charge in [0, 0.05) is 31.5 Å². The highest BCUT2D eigenvalue weighted by molar-refractivity contribution is 7.99. The summed E-state index contributed by atoms with van der Waals surface area (Å²) in [5.41, 5.74) is -0.716. The number of rotatable bonds is 7. The van der Waals surface area contributed by atoms with Crippen molar-refractivity contribution in [1.82, 2.24) is 9.80 Å². The van der Waals surface area contributed by atoms with Crippen molar-refractivity contribution in [3.8, 4) is 0 Å². The number of imide groups is 1. The first-order valence-corrected chi connectivity index (χ1v) is 9.61. The van der Waals surface area contributed by atoms with Crippen LogP contribution in [0.2, 0.25) is 0 Å². The van der Waals surface area contributed by atoms with E-state index in [1.165, 1.54) is 25.3 Å². The first-order valence-electron chi connectivity index (χ1n) is 8.45. The molecule has 0 spiro atoms. The molecular formula is C17H19N3O6S. The van der Waals surface area contributed by atoms with Crippen molar-refractivity contribution in [1.29, 1.82) is 0 Å². The molecule has 1 saturated heterocycles. The number of ether oxygens (including phenoxy) is 1. The van der Waals surface area contributed by atoms with Crippen LogP contribution in [0.4, 0.5) is 5.69 Å². The third kappa shape index (κ3) is 3.67. The van der Waals surface area contributed by atoms with Crippen LogP contribution in [0.3, 0.4) is 0 Å². The Morgan fingerprint density at radius 1 is 1.41 bits per heavy atom. The van der Waals surface area contributed by atoms with Crippen LogP contribution in [0.1, 0.15) is 27.1 Å². The summed E-state index contributed by atoms with van der Waals surface area (Å²) in [6, 6.07) is 3.93. The Balaban J connectivity index is 1.81. The van der Waals surface area contributed by atoms with Crippen molar-refractivity contribution >= 4 is 35.2 Å². The Morgan fingerprint density at radius 3 is 2.81 bits per heavy atom. The summed E-state index contributed by atoms with van der Waals surface area (Å²) < 4.78 is 5.06. The molecule has 0 bridgehead atoms. The number of methoxy groups -OCH3 is 1. The SMILES string of the molecule is COCCN(C(=O)CN1C(=O)c2cccc([N+](=O)[O-])c2C1=O)[C@@H]1CCSC1. The van der Waals surface area contributed by atoms with Crippen LogP contribution >= 0.6 is 11.8 Å². The van der Waals surface area contributed by atoms with E-state index in [9.17, 15) is 24.5 Å². The van der Waals surface area contributed by atoms with Gasteiger partial charge in [-0.05, 0) is 18.2 Å².